The largest absolute Gasteiger partial charge is 0.355 e. The second kappa shape index (κ2) is 6.14. The van der Waals surface area contributed by atoms with Gasteiger partial charge in [0.2, 0.25) is 0 Å². The van der Waals surface area contributed by atoms with Crippen LogP contribution in [0.25, 0.3) is 10.8 Å². The van der Waals surface area contributed by atoms with Crippen molar-refractivity contribution >= 4 is 22.5 Å². The minimum Gasteiger partial charge on any atom is -0.355 e. The lowest BCUT2D eigenvalue weighted by Crippen LogP contribution is -2.31. The predicted molar refractivity (Wildman–Crippen MR) is 90.7 cm³/mol. The van der Waals surface area contributed by atoms with Crippen molar-refractivity contribution in [3.05, 3.63) is 30.0 Å². The second-order valence-electron chi connectivity index (χ2n) is 6.62. The van der Waals surface area contributed by atoms with Crippen LogP contribution in [0.4, 0.5) is 5.82 Å². The highest BCUT2D eigenvalue weighted by molar-refractivity contribution is 6.07. The molecule has 120 valence electrons. The molecule has 0 bridgehead atoms. The average Bonchev–Trinajstić information content (AvgIpc) is 3.44. The fraction of sp³-hybridized carbons (Fsp3) is 0.500. The number of piperidine rings is 1. The molecule has 0 spiro atoms. The van der Waals surface area contributed by atoms with Gasteiger partial charge >= 0.3 is 0 Å². The molecule has 1 saturated heterocycles. The van der Waals surface area contributed by atoms with Gasteiger partial charge in [-0.05, 0) is 38.0 Å². The van der Waals surface area contributed by atoms with Crippen LogP contribution in [0.5, 0.6) is 0 Å². The summed E-state index contributed by atoms with van der Waals surface area (Å²) < 4.78 is 0. The zero-order valence-corrected chi connectivity index (χ0v) is 13.3. The Bertz CT molecular complexity index is 720. The molecule has 5 heteroatoms. The van der Waals surface area contributed by atoms with Crippen molar-refractivity contribution in [2.45, 2.75) is 32.1 Å². The molecule has 1 aliphatic heterocycles. The van der Waals surface area contributed by atoms with E-state index < -0.39 is 0 Å². The van der Waals surface area contributed by atoms with Crippen LogP contribution >= 0.6 is 0 Å². The quantitative estimate of drug-likeness (QED) is 0.943. The van der Waals surface area contributed by atoms with Crippen molar-refractivity contribution in [3.63, 3.8) is 0 Å². The van der Waals surface area contributed by atoms with Gasteiger partial charge in [0.15, 0.2) is 11.5 Å². The molecule has 1 N–H and O–H groups in total. The van der Waals surface area contributed by atoms with Crippen LogP contribution < -0.4 is 10.2 Å². The van der Waals surface area contributed by atoms with E-state index in [4.69, 9.17) is 0 Å². The van der Waals surface area contributed by atoms with Crippen molar-refractivity contribution in [2.24, 2.45) is 5.92 Å². The van der Waals surface area contributed by atoms with Gasteiger partial charge in [0, 0.05) is 30.4 Å². The van der Waals surface area contributed by atoms with Gasteiger partial charge in [0.05, 0.1) is 0 Å². The SMILES string of the molecule is O=C(NCC1CC1)c1nnc(N2CCCCC2)c2ccccc12. The highest BCUT2D eigenvalue weighted by atomic mass is 16.1. The Kier molecular flexibility index (Phi) is 3.85. The molecule has 1 aromatic carbocycles. The number of fused-ring (bicyclic) bond motifs is 1. The van der Waals surface area contributed by atoms with Gasteiger partial charge in [-0.2, -0.15) is 0 Å². The maximum absolute atomic E-state index is 12.5. The predicted octanol–water partition coefficient (Wildman–Crippen LogP) is 2.76. The lowest BCUT2D eigenvalue weighted by atomic mass is 10.1. The van der Waals surface area contributed by atoms with E-state index >= 15 is 0 Å². The number of hydrogen-bond donors (Lipinski definition) is 1. The molecule has 23 heavy (non-hydrogen) atoms. The van der Waals surface area contributed by atoms with Crippen LogP contribution in [0.2, 0.25) is 0 Å². The maximum Gasteiger partial charge on any atom is 0.272 e. The minimum absolute atomic E-state index is 0.106. The molecule has 2 aliphatic rings. The summed E-state index contributed by atoms with van der Waals surface area (Å²) in [5, 5.41) is 13.6. The third kappa shape index (κ3) is 3.00. The number of benzene rings is 1. The Morgan fingerprint density at radius 3 is 2.57 bits per heavy atom. The number of anilines is 1. The molecule has 1 aromatic heterocycles. The summed E-state index contributed by atoms with van der Waals surface area (Å²) in [6.45, 7) is 2.79. The van der Waals surface area contributed by atoms with Gasteiger partial charge in [0.1, 0.15) is 0 Å². The lowest BCUT2D eigenvalue weighted by Gasteiger charge is -2.28. The topological polar surface area (TPSA) is 58.1 Å². The van der Waals surface area contributed by atoms with E-state index in [0.29, 0.717) is 11.6 Å². The summed E-state index contributed by atoms with van der Waals surface area (Å²) >= 11 is 0. The smallest absolute Gasteiger partial charge is 0.272 e. The molecule has 1 aliphatic carbocycles. The van der Waals surface area contributed by atoms with Crippen LogP contribution in [-0.2, 0) is 0 Å². The summed E-state index contributed by atoms with van der Waals surface area (Å²) in [5.74, 6) is 1.47. The van der Waals surface area contributed by atoms with Crippen molar-refractivity contribution in [1.29, 1.82) is 0 Å². The summed E-state index contributed by atoms with van der Waals surface area (Å²) in [7, 11) is 0. The van der Waals surface area contributed by atoms with Crippen molar-refractivity contribution in [1.82, 2.24) is 15.5 Å². The molecular weight excluding hydrogens is 288 g/mol. The summed E-state index contributed by atoms with van der Waals surface area (Å²) in [5.41, 5.74) is 0.446. The zero-order chi connectivity index (χ0) is 15.6. The van der Waals surface area contributed by atoms with Gasteiger partial charge in [0.25, 0.3) is 5.91 Å². The van der Waals surface area contributed by atoms with Crippen LogP contribution in [0.3, 0.4) is 0 Å². The maximum atomic E-state index is 12.5. The standard InChI is InChI=1S/C18H22N4O/c23-18(19-12-13-8-9-13)16-14-6-2-3-7-15(14)17(21-20-16)22-10-4-1-5-11-22/h2-3,6-7,13H,1,4-5,8-12H2,(H,19,23). The molecule has 1 amide bonds. The third-order valence-corrected chi connectivity index (χ3v) is 4.79. The van der Waals surface area contributed by atoms with Gasteiger partial charge < -0.3 is 10.2 Å². The van der Waals surface area contributed by atoms with E-state index in [1.807, 2.05) is 24.3 Å². The Balaban J connectivity index is 1.67. The fourth-order valence-electron chi connectivity index (χ4n) is 3.24. The Hall–Kier alpha value is -2.17. The molecule has 0 unspecified atom stereocenters. The second-order valence-corrected chi connectivity index (χ2v) is 6.62. The third-order valence-electron chi connectivity index (χ3n) is 4.79. The van der Waals surface area contributed by atoms with Crippen molar-refractivity contribution in [3.8, 4) is 0 Å². The van der Waals surface area contributed by atoms with Crippen molar-refractivity contribution < 1.29 is 4.79 Å². The van der Waals surface area contributed by atoms with Crippen LogP contribution in [0, 0.1) is 5.92 Å². The van der Waals surface area contributed by atoms with Crippen molar-refractivity contribution in [2.75, 3.05) is 24.5 Å². The number of carbonyl (C=O) groups excluding carboxylic acids is 1. The molecule has 0 atom stereocenters. The summed E-state index contributed by atoms with van der Waals surface area (Å²) in [6.07, 6.45) is 6.12. The molecule has 2 fully saturated rings. The Labute approximate surface area is 136 Å². The average molecular weight is 310 g/mol. The van der Waals surface area contributed by atoms with Crippen LogP contribution in [-0.4, -0.2) is 35.7 Å². The molecule has 0 radical (unpaired) electrons. The summed E-state index contributed by atoms with van der Waals surface area (Å²) in [4.78, 5) is 14.7. The first-order valence-corrected chi connectivity index (χ1v) is 8.61. The molecule has 2 aromatic rings. The van der Waals surface area contributed by atoms with E-state index in [-0.39, 0.29) is 5.91 Å². The lowest BCUT2D eigenvalue weighted by molar-refractivity contribution is 0.0947. The number of rotatable bonds is 4. The molecule has 5 nitrogen and oxygen atoms in total. The normalized spacial score (nSPS) is 18.2. The zero-order valence-electron chi connectivity index (χ0n) is 13.3. The summed E-state index contributed by atoms with van der Waals surface area (Å²) in [6, 6.07) is 7.99. The molecule has 1 saturated carbocycles. The number of hydrogen-bond acceptors (Lipinski definition) is 4. The van der Waals surface area contributed by atoms with E-state index in [0.717, 1.165) is 36.2 Å². The van der Waals surface area contributed by atoms with E-state index in [1.54, 1.807) is 0 Å². The number of carbonyl (C=O) groups is 1. The van der Waals surface area contributed by atoms with Gasteiger partial charge in [-0.25, -0.2) is 0 Å². The van der Waals surface area contributed by atoms with Gasteiger partial charge in [-0.15, -0.1) is 10.2 Å². The number of nitrogens with zero attached hydrogens (tertiary/aromatic N) is 3. The highest BCUT2D eigenvalue weighted by Gasteiger charge is 2.24. The first-order valence-electron chi connectivity index (χ1n) is 8.61. The fourth-order valence-corrected chi connectivity index (χ4v) is 3.24. The first kappa shape index (κ1) is 14.4. The first-order chi connectivity index (χ1) is 11.3. The van der Waals surface area contributed by atoms with E-state index in [1.165, 1.54) is 32.1 Å². The Morgan fingerprint density at radius 2 is 1.83 bits per heavy atom. The monoisotopic (exact) mass is 310 g/mol. The molecule has 4 rings (SSSR count). The van der Waals surface area contributed by atoms with E-state index in [9.17, 15) is 4.79 Å². The number of aromatic nitrogens is 2. The minimum atomic E-state index is -0.106. The van der Waals surface area contributed by atoms with E-state index in [2.05, 4.69) is 20.4 Å². The van der Waals surface area contributed by atoms with Crippen LogP contribution in [0.1, 0.15) is 42.6 Å². The van der Waals surface area contributed by atoms with Gasteiger partial charge in [-0.1, -0.05) is 24.3 Å². The highest BCUT2D eigenvalue weighted by Crippen LogP contribution is 2.29. The molecular formula is C18H22N4O. The number of amides is 1. The molecule has 2 heterocycles. The Morgan fingerprint density at radius 1 is 1.09 bits per heavy atom. The van der Waals surface area contributed by atoms with Gasteiger partial charge in [-0.3, -0.25) is 4.79 Å². The number of nitrogens with one attached hydrogen (secondary N) is 1. The van der Waals surface area contributed by atoms with Crippen LogP contribution in [0.15, 0.2) is 24.3 Å².